The molecule has 1 N–H and O–H groups in total. The third kappa shape index (κ3) is 4.53. The maximum atomic E-state index is 3.69. The molecule has 0 bridgehead atoms. The number of rotatable bonds is 6. The predicted octanol–water partition coefficient (Wildman–Crippen LogP) is 6.16. The van der Waals surface area contributed by atoms with Crippen molar-refractivity contribution in [1.29, 1.82) is 0 Å². The van der Waals surface area contributed by atoms with Crippen LogP contribution in [-0.2, 0) is 6.42 Å². The van der Waals surface area contributed by atoms with Crippen molar-refractivity contribution in [2.75, 3.05) is 6.54 Å². The second-order valence-corrected chi connectivity index (χ2v) is 8.52. The van der Waals surface area contributed by atoms with E-state index in [1.807, 2.05) is 11.3 Å². The Morgan fingerprint density at radius 3 is 2.70 bits per heavy atom. The molecule has 1 heterocycles. The fourth-order valence-corrected chi connectivity index (χ4v) is 4.65. The largest absolute Gasteiger partial charge is 0.310 e. The van der Waals surface area contributed by atoms with Gasteiger partial charge in [-0.05, 0) is 86.7 Å². The van der Waals surface area contributed by atoms with Gasteiger partial charge in [-0.3, -0.25) is 0 Å². The Balaban J connectivity index is 2.27. The molecule has 0 aliphatic rings. The van der Waals surface area contributed by atoms with Crippen LogP contribution < -0.4 is 5.32 Å². The number of halogens is 3. The summed E-state index contributed by atoms with van der Waals surface area (Å²) in [5, 5.41) is 5.81. The minimum absolute atomic E-state index is 0.342. The standard InChI is InChI=1S/C15H16Br2INS/c1-2-6-19-14(9-15-13(17)5-7-20-15)11-8-10(18)3-4-12(11)16/h3-5,7-8,14,19H,2,6,9H2,1H3. The van der Waals surface area contributed by atoms with Gasteiger partial charge in [-0.25, -0.2) is 0 Å². The zero-order chi connectivity index (χ0) is 14.5. The molecule has 20 heavy (non-hydrogen) atoms. The third-order valence-corrected chi connectivity index (χ3v) is 6.40. The van der Waals surface area contributed by atoms with Crippen LogP contribution in [0.2, 0.25) is 0 Å². The van der Waals surface area contributed by atoms with Crippen molar-refractivity contribution in [3.05, 3.63) is 52.6 Å². The van der Waals surface area contributed by atoms with E-state index in [1.165, 1.54) is 23.0 Å². The summed E-state index contributed by atoms with van der Waals surface area (Å²) in [4.78, 5) is 1.39. The van der Waals surface area contributed by atoms with Crippen LogP contribution in [0.5, 0.6) is 0 Å². The van der Waals surface area contributed by atoms with Crippen molar-refractivity contribution in [3.8, 4) is 0 Å². The average molecular weight is 529 g/mol. The van der Waals surface area contributed by atoms with Crippen LogP contribution in [0.4, 0.5) is 0 Å². The molecule has 108 valence electrons. The molecular formula is C15H16Br2INS. The molecule has 0 radical (unpaired) electrons. The van der Waals surface area contributed by atoms with Crippen molar-refractivity contribution in [3.63, 3.8) is 0 Å². The van der Waals surface area contributed by atoms with Gasteiger partial charge in [-0.2, -0.15) is 0 Å². The molecule has 1 atom stereocenters. The van der Waals surface area contributed by atoms with Gasteiger partial charge < -0.3 is 5.32 Å². The molecule has 1 aromatic heterocycles. The molecule has 0 fully saturated rings. The molecule has 1 nitrogen and oxygen atoms in total. The van der Waals surface area contributed by atoms with Gasteiger partial charge in [0.25, 0.3) is 0 Å². The Morgan fingerprint density at radius 1 is 1.25 bits per heavy atom. The maximum Gasteiger partial charge on any atom is 0.0380 e. The lowest BCUT2D eigenvalue weighted by Gasteiger charge is -2.20. The fraction of sp³-hybridized carbons (Fsp3) is 0.333. The lowest BCUT2D eigenvalue weighted by atomic mass is 10.0. The zero-order valence-corrected chi connectivity index (χ0v) is 17.3. The maximum absolute atomic E-state index is 3.69. The summed E-state index contributed by atoms with van der Waals surface area (Å²) in [7, 11) is 0. The predicted molar refractivity (Wildman–Crippen MR) is 104 cm³/mol. The van der Waals surface area contributed by atoms with E-state index >= 15 is 0 Å². The minimum atomic E-state index is 0.342. The van der Waals surface area contributed by atoms with E-state index in [0.717, 1.165) is 19.4 Å². The Hall–Kier alpha value is 0.570. The highest BCUT2D eigenvalue weighted by atomic mass is 127. The minimum Gasteiger partial charge on any atom is -0.310 e. The second kappa shape index (κ2) is 8.27. The van der Waals surface area contributed by atoms with E-state index in [0.29, 0.717) is 6.04 Å². The summed E-state index contributed by atoms with van der Waals surface area (Å²) in [5.74, 6) is 0. The van der Waals surface area contributed by atoms with E-state index in [2.05, 4.69) is 96.3 Å². The van der Waals surface area contributed by atoms with Gasteiger partial charge in [0.05, 0.1) is 0 Å². The van der Waals surface area contributed by atoms with Gasteiger partial charge >= 0.3 is 0 Å². The van der Waals surface area contributed by atoms with Crippen molar-refractivity contribution in [1.82, 2.24) is 5.32 Å². The van der Waals surface area contributed by atoms with Crippen molar-refractivity contribution in [2.24, 2.45) is 0 Å². The number of thiophene rings is 1. The summed E-state index contributed by atoms with van der Waals surface area (Å²) >= 11 is 11.5. The molecule has 0 aliphatic heterocycles. The number of hydrogen-bond donors (Lipinski definition) is 1. The van der Waals surface area contributed by atoms with Gasteiger partial charge in [0, 0.05) is 29.9 Å². The summed E-state index contributed by atoms with van der Waals surface area (Å²) in [6, 6.07) is 9.00. The Labute approximate surface area is 155 Å². The van der Waals surface area contributed by atoms with Crippen molar-refractivity contribution >= 4 is 65.8 Å². The molecular weight excluding hydrogens is 513 g/mol. The van der Waals surface area contributed by atoms with Crippen LogP contribution in [0, 0.1) is 3.57 Å². The molecule has 0 saturated carbocycles. The first kappa shape index (κ1) is 16.9. The second-order valence-electron chi connectivity index (χ2n) is 4.57. The first-order valence-electron chi connectivity index (χ1n) is 6.52. The van der Waals surface area contributed by atoms with Crippen molar-refractivity contribution in [2.45, 2.75) is 25.8 Å². The van der Waals surface area contributed by atoms with E-state index < -0.39 is 0 Å². The third-order valence-electron chi connectivity index (χ3n) is 3.05. The highest BCUT2D eigenvalue weighted by Gasteiger charge is 2.17. The first-order chi connectivity index (χ1) is 9.61. The number of nitrogens with one attached hydrogen (secondary N) is 1. The number of benzene rings is 1. The average Bonchev–Trinajstić information content (AvgIpc) is 2.83. The van der Waals surface area contributed by atoms with E-state index in [4.69, 9.17) is 0 Å². The van der Waals surface area contributed by atoms with Crippen LogP contribution >= 0.6 is 65.8 Å². The lowest BCUT2D eigenvalue weighted by Crippen LogP contribution is -2.24. The van der Waals surface area contributed by atoms with Crippen LogP contribution in [0.3, 0.4) is 0 Å². The molecule has 0 amide bonds. The normalized spacial score (nSPS) is 12.6. The van der Waals surface area contributed by atoms with Gasteiger partial charge in [-0.1, -0.05) is 22.9 Å². The lowest BCUT2D eigenvalue weighted by molar-refractivity contribution is 0.530. The Bertz CT molecular complexity index is 571. The summed E-state index contributed by atoms with van der Waals surface area (Å²) in [6.45, 7) is 3.24. The van der Waals surface area contributed by atoms with Crippen LogP contribution in [-0.4, -0.2) is 6.54 Å². The van der Waals surface area contributed by atoms with E-state index in [9.17, 15) is 0 Å². The molecule has 2 aromatic rings. The molecule has 0 spiro atoms. The van der Waals surface area contributed by atoms with E-state index in [-0.39, 0.29) is 0 Å². The molecule has 2 rings (SSSR count). The van der Waals surface area contributed by atoms with E-state index in [1.54, 1.807) is 0 Å². The van der Waals surface area contributed by atoms with Gasteiger partial charge in [0.1, 0.15) is 0 Å². The summed E-state index contributed by atoms with van der Waals surface area (Å²) in [6.07, 6.45) is 2.15. The fourth-order valence-electron chi connectivity index (χ4n) is 2.05. The van der Waals surface area contributed by atoms with Crippen molar-refractivity contribution < 1.29 is 0 Å². The smallest absolute Gasteiger partial charge is 0.0380 e. The molecule has 1 unspecified atom stereocenters. The first-order valence-corrected chi connectivity index (χ1v) is 10.1. The van der Waals surface area contributed by atoms with Crippen LogP contribution in [0.1, 0.15) is 29.8 Å². The Kier molecular flexibility index (Phi) is 7.00. The number of hydrogen-bond acceptors (Lipinski definition) is 2. The van der Waals surface area contributed by atoms with Gasteiger partial charge in [-0.15, -0.1) is 11.3 Å². The zero-order valence-electron chi connectivity index (χ0n) is 11.1. The SMILES string of the molecule is CCCNC(Cc1sccc1Br)c1cc(I)ccc1Br. The monoisotopic (exact) mass is 527 g/mol. The van der Waals surface area contributed by atoms with Crippen LogP contribution in [0.25, 0.3) is 0 Å². The molecule has 1 aromatic carbocycles. The molecule has 5 heteroatoms. The topological polar surface area (TPSA) is 12.0 Å². The highest BCUT2D eigenvalue weighted by Crippen LogP contribution is 2.32. The molecule has 0 aliphatic carbocycles. The Morgan fingerprint density at radius 2 is 2.05 bits per heavy atom. The summed E-state index contributed by atoms with van der Waals surface area (Å²) < 4.78 is 3.67. The highest BCUT2D eigenvalue weighted by molar-refractivity contribution is 14.1. The molecule has 0 saturated heterocycles. The van der Waals surface area contributed by atoms with Gasteiger partial charge in [0.2, 0.25) is 0 Å². The summed E-state index contributed by atoms with van der Waals surface area (Å²) in [5.41, 5.74) is 1.34. The van der Waals surface area contributed by atoms with Gasteiger partial charge in [0.15, 0.2) is 0 Å². The quantitative estimate of drug-likeness (QED) is 0.443. The van der Waals surface area contributed by atoms with Crippen LogP contribution in [0.15, 0.2) is 38.6 Å².